The predicted molar refractivity (Wildman–Crippen MR) is 105 cm³/mol. The molecule has 3 aromatic carbocycles. The Labute approximate surface area is 159 Å². The number of rotatable bonds is 4. The third-order valence-electron chi connectivity index (χ3n) is 4.35. The molecular formula is C22H15F2NOS. The van der Waals surface area contributed by atoms with Crippen molar-refractivity contribution in [1.82, 2.24) is 5.32 Å². The SMILES string of the molecule is O=C(NCc1cccc2ccccc12)c1ccc(-c2ccc(F)c(F)c2)s1. The Morgan fingerprint density at radius 1 is 0.889 bits per heavy atom. The monoisotopic (exact) mass is 379 g/mol. The Kier molecular flexibility index (Phi) is 4.69. The number of hydrogen-bond acceptors (Lipinski definition) is 2. The summed E-state index contributed by atoms with van der Waals surface area (Å²) in [4.78, 5) is 13.7. The Bertz CT molecular complexity index is 1130. The molecule has 4 aromatic rings. The topological polar surface area (TPSA) is 29.1 Å². The van der Waals surface area contributed by atoms with E-state index in [0.717, 1.165) is 28.5 Å². The van der Waals surface area contributed by atoms with Crippen LogP contribution < -0.4 is 5.32 Å². The van der Waals surface area contributed by atoms with Crippen LogP contribution in [0.15, 0.2) is 72.8 Å². The predicted octanol–water partition coefficient (Wildman–Crippen LogP) is 5.78. The zero-order valence-electron chi connectivity index (χ0n) is 14.2. The zero-order chi connectivity index (χ0) is 18.8. The second-order valence-electron chi connectivity index (χ2n) is 6.11. The number of thiophene rings is 1. The number of benzene rings is 3. The second-order valence-corrected chi connectivity index (χ2v) is 7.20. The summed E-state index contributed by atoms with van der Waals surface area (Å²) in [7, 11) is 0. The minimum atomic E-state index is -0.900. The molecule has 5 heteroatoms. The van der Waals surface area contributed by atoms with Crippen LogP contribution in [0.1, 0.15) is 15.2 Å². The van der Waals surface area contributed by atoms with Crippen molar-refractivity contribution in [1.29, 1.82) is 0 Å². The van der Waals surface area contributed by atoms with Crippen molar-refractivity contribution in [2.24, 2.45) is 0 Å². The molecule has 1 N–H and O–H groups in total. The molecule has 2 nitrogen and oxygen atoms in total. The van der Waals surface area contributed by atoms with Crippen LogP contribution in [0.4, 0.5) is 8.78 Å². The van der Waals surface area contributed by atoms with Crippen LogP contribution in [0.5, 0.6) is 0 Å². The normalized spacial score (nSPS) is 10.9. The van der Waals surface area contributed by atoms with Gasteiger partial charge < -0.3 is 5.32 Å². The summed E-state index contributed by atoms with van der Waals surface area (Å²) in [6, 6.07) is 21.2. The molecule has 0 saturated carbocycles. The van der Waals surface area contributed by atoms with Crippen molar-refractivity contribution < 1.29 is 13.6 Å². The first-order valence-electron chi connectivity index (χ1n) is 8.42. The molecule has 1 amide bonds. The van der Waals surface area contributed by atoms with Crippen molar-refractivity contribution in [2.75, 3.05) is 0 Å². The van der Waals surface area contributed by atoms with Gasteiger partial charge in [-0.1, -0.05) is 48.5 Å². The number of amides is 1. The lowest BCUT2D eigenvalue weighted by molar-refractivity contribution is 0.0955. The third-order valence-corrected chi connectivity index (χ3v) is 5.49. The number of hydrogen-bond donors (Lipinski definition) is 1. The van der Waals surface area contributed by atoms with E-state index in [1.165, 1.54) is 17.4 Å². The molecule has 0 aliphatic heterocycles. The Hall–Kier alpha value is -3.05. The van der Waals surface area contributed by atoms with E-state index in [2.05, 4.69) is 5.32 Å². The fraction of sp³-hybridized carbons (Fsp3) is 0.0455. The van der Waals surface area contributed by atoms with Crippen LogP contribution in [-0.4, -0.2) is 5.91 Å². The van der Waals surface area contributed by atoms with E-state index in [9.17, 15) is 13.6 Å². The van der Waals surface area contributed by atoms with Crippen LogP contribution in [0, 0.1) is 11.6 Å². The molecule has 27 heavy (non-hydrogen) atoms. The third kappa shape index (κ3) is 3.59. The van der Waals surface area contributed by atoms with Gasteiger partial charge in [-0.15, -0.1) is 11.3 Å². The van der Waals surface area contributed by atoms with Gasteiger partial charge in [-0.3, -0.25) is 4.79 Å². The largest absolute Gasteiger partial charge is 0.347 e. The van der Waals surface area contributed by atoms with E-state index in [1.807, 2.05) is 42.5 Å². The summed E-state index contributed by atoms with van der Waals surface area (Å²) in [6.45, 7) is 0.415. The van der Waals surface area contributed by atoms with Gasteiger partial charge in [0.15, 0.2) is 11.6 Å². The summed E-state index contributed by atoms with van der Waals surface area (Å²) >= 11 is 1.25. The Morgan fingerprint density at radius 3 is 2.56 bits per heavy atom. The van der Waals surface area contributed by atoms with Gasteiger partial charge in [0.25, 0.3) is 5.91 Å². The summed E-state index contributed by atoms with van der Waals surface area (Å²) in [5.41, 5.74) is 1.59. The van der Waals surface area contributed by atoms with E-state index in [0.29, 0.717) is 21.9 Å². The molecule has 0 unspecified atom stereocenters. The summed E-state index contributed by atoms with van der Waals surface area (Å²) in [5.74, 6) is -1.98. The van der Waals surface area contributed by atoms with E-state index in [4.69, 9.17) is 0 Å². The minimum absolute atomic E-state index is 0.193. The highest BCUT2D eigenvalue weighted by atomic mass is 32.1. The lowest BCUT2D eigenvalue weighted by Gasteiger charge is -2.07. The van der Waals surface area contributed by atoms with Gasteiger partial charge in [-0.25, -0.2) is 8.78 Å². The molecule has 0 aliphatic rings. The fourth-order valence-corrected chi connectivity index (χ4v) is 3.89. The minimum Gasteiger partial charge on any atom is -0.347 e. The fourth-order valence-electron chi connectivity index (χ4n) is 2.97. The average Bonchev–Trinajstić information content (AvgIpc) is 3.18. The molecule has 0 aliphatic carbocycles. The zero-order valence-corrected chi connectivity index (χ0v) is 15.0. The highest BCUT2D eigenvalue weighted by Gasteiger charge is 2.12. The van der Waals surface area contributed by atoms with Crippen LogP contribution >= 0.6 is 11.3 Å². The van der Waals surface area contributed by atoms with Crippen LogP contribution in [0.25, 0.3) is 21.2 Å². The van der Waals surface area contributed by atoms with Gasteiger partial charge >= 0.3 is 0 Å². The highest BCUT2D eigenvalue weighted by molar-refractivity contribution is 7.17. The number of fused-ring (bicyclic) bond motifs is 1. The van der Waals surface area contributed by atoms with Crippen molar-refractivity contribution in [3.05, 3.63) is 94.9 Å². The summed E-state index contributed by atoms with van der Waals surface area (Å²) < 4.78 is 26.5. The van der Waals surface area contributed by atoms with E-state index < -0.39 is 11.6 Å². The quantitative estimate of drug-likeness (QED) is 0.479. The molecule has 1 heterocycles. The maximum absolute atomic E-state index is 13.4. The first kappa shape index (κ1) is 17.4. The summed E-state index contributed by atoms with van der Waals surface area (Å²) in [6.07, 6.45) is 0. The first-order chi connectivity index (χ1) is 13.1. The molecule has 0 spiro atoms. The lowest BCUT2D eigenvalue weighted by Crippen LogP contribution is -2.21. The van der Waals surface area contributed by atoms with Crippen molar-refractivity contribution in [3.63, 3.8) is 0 Å². The van der Waals surface area contributed by atoms with E-state index in [-0.39, 0.29) is 5.91 Å². The number of carbonyl (C=O) groups excluding carboxylic acids is 1. The molecule has 0 bridgehead atoms. The number of halogens is 2. The maximum Gasteiger partial charge on any atom is 0.261 e. The molecule has 0 fully saturated rings. The molecule has 0 atom stereocenters. The Morgan fingerprint density at radius 2 is 1.70 bits per heavy atom. The molecular weight excluding hydrogens is 364 g/mol. The van der Waals surface area contributed by atoms with Gasteiger partial charge in [-0.2, -0.15) is 0 Å². The van der Waals surface area contributed by atoms with E-state index >= 15 is 0 Å². The lowest BCUT2D eigenvalue weighted by atomic mass is 10.0. The highest BCUT2D eigenvalue weighted by Crippen LogP contribution is 2.29. The van der Waals surface area contributed by atoms with Crippen LogP contribution in [0.3, 0.4) is 0 Å². The van der Waals surface area contributed by atoms with Gasteiger partial charge in [-0.05, 0) is 46.2 Å². The molecule has 0 radical (unpaired) electrons. The van der Waals surface area contributed by atoms with Crippen molar-refractivity contribution in [3.8, 4) is 10.4 Å². The summed E-state index contributed by atoms with van der Waals surface area (Å²) in [5, 5.41) is 5.16. The molecule has 1 aromatic heterocycles. The maximum atomic E-state index is 13.4. The Balaban J connectivity index is 1.50. The van der Waals surface area contributed by atoms with Crippen LogP contribution in [-0.2, 0) is 6.54 Å². The van der Waals surface area contributed by atoms with E-state index in [1.54, 1.807) is 12.1 Å². The van der Waals surface area contributed by atoms with Gasteiger partial charge in [0.1, 0.15) is 0 Å². The van der Waals surface area contributed by atoms with Gasteiger partial charge in [0.2, 0.25) is 0 Å². The standard InChI is InChI=1S/C22H15F2NOS/c23-18-9-8-15(12-19(18)24)20-10-11-21(27-20)22(26)25-13-16-6-3-5-14-4-1-2-7-17(14)16/h1-12H,13H2,(H,25,26). The molecule has 0 saturated heterocycles. The average molecular weight is 379 g/mol. The van der Waals surface area contributed by atoms with Gasteiger partial charge in [0, 0.05) is 11.4 Å². The van der Waals surface area contributed by atoms with Gasteiger partial charge in [0.05, 0.1) is 4.88 Å². The first-order valence-corrected chi connectivity index (χ1v) is 9.23. The van der Waals surface area contributed by atoms with Crippen molar-refractivity contribution in [2.45, 2.75) is 6.54 Å². The molecule has 4 rings (SSSR count). The number of carbonyl (C=O) groups is 1. The molecule has 134 valence electrons. The number of nitrogens with one attached hydrogen (secondary N) is 1. The second kappa shape index (κ2) is 7.29. The van der Waals surface area contributed by atoms with Crippen molar-refractivity contribution >= 4 is 28.0 Å². The smallest absolute Gasteiger partial charge is 0.261 e. The van der Waals surface area contributed by atoms with Crippen LogP contribution in [0.2, 0.25) is 0 Å².